The fourth-order valence-corrected chi connectivity index (χ4v) is 4.93. The lowest BCUT2D eigenvalue weighted by molar-refractivity contribution is -0.142. The van der Waals surface area contributed by atoms with Crippen molar-refractivity contribution in [1.29, 1.82) is 0 Å². The van der Waals surface area contributed by atoms with Gasteiger partial charge >= 0.3 is 5.97 Å². The number of hydrogen-bond donors (Lipinski definition) is 7. The lowest BCUT2D eigenvalue weighted by Crippen LogP contribution is -2.63. The Bertz CT molecular complexity index is 1380. The number of carboxylic acids is 1. The van der Waals surface area contributed by atoms with Gasteiger partial charge in [0.15, 0.2) is 0 Å². The molecule has 1 aromatic heterocycles. The van der Waals surface area contributed by atoms with Gasteiger partial charge in [-0.25, -0.2) is 0 Å². The summed E-state index contributed by atoms with van der Waals surface area (Å²) in [4.78, 5) is 82.1. The highest BCUT2D eigenvalue weighted by Crippen LogP contribution is 2.20. The number of carbonyl (C=O) groups excluding carboxylic acids is 5. The average molecular weight is 599 g/mol. The smallest absolute Gasteiger partial charge is 0.305 e. The molecule has 0 spiro atoms. The Morgan fingerprint density at radius 1 is 0.837 bits per heavy atom. The average Bonchev–Trinajstić information content (AvgIpc) is 3.31. The Hall–Kier alpha value is -4.42. The van der Waals surface area contributed by atoms with Crippen molar-refractivity contribution < 1.29 is 33.9 Å². The van der Waals surface area contributed by atoms with Crippen LogP contribution in [0, 0.1) is 11.8 Å². The van der Waals surface area contributed by atoms with Crippen molar-refractivity contribution in [3.8, 4) is 0 Å². The topological polar surface area (TPSA) is 199 Å². The molecule has 1 fully saturated rings. The highest BCUT2D eigenvalue weighted by molar-refractivity contribution is 6.00. The first-order valence-corrected chi connectivity index (χ1v) is 14.4. The number of aromatic amines is 1. The van der Waals surface area contributed by atoms with Gasteiger partial charge in [-0.1, -0.05) is 45.9 Å². The number of carbonyl (C=O) groups is 6. The van der Waals surface area contributed by atoms with Gasteiger partial charge in [-0.05, 0) is 43.7 Å². The Morgan fingerprint density at radius 2 is 1.44 bits per heavy atom. The van der Waals surface area contributed by atoms with Crippen molar-refractivity contribution in [3.63, 3.8) is 0 Å². The standard InChI is InChI=1S/C30H42N6O7/c1-15(2)11-20-25(39)32-21(12-17-14-31-19-10-8-7-9-18(17)19)26(40)33-22(13-23(37)38)27(41)36-30(5,6)29(43)35-24(16(3)4)28(42)34-20/h7-10,14-16,20-22,24,31H,11-13H2,1-6H3,(H,32,39)(H,33,40)(H,34,42)(H,35,43)(H,36,41)(H,37,38)/t20-,21+,22+,24+/m0/s1. The molecule has 1 aliphatic heterocycles. The first-order valence-electron chi connectivity index (χ1n) is 14.4. The zero-order valence-corrected chi connectivity index (χ0v) is 25.4. The monoisotopic (exact) mass is 598 g/mol. The van der Waals surface area contributed by atoms with E-state index in [-0.39, 0.29) is 24.7 Å². The predicted octanol–water partition coefficient (Wildman–Crippen LogP) is 0.735. The molecule has 2 aromatic rings. The fourth-order valence-electron chi connectivity index (χ4n) is 4.93. The summed E-state index contributed by atoms with van der Waals surface area (Å²) in [6.45, 7) is 10.0. The molecule has 1 aromatic carbocycles. The molecule has 0 unspecified atom stereocenters. The minimum atomic E-state index is -1.58. The van der Waals surface area contributed by atoms with Crippen LogP contribution in [0.2, 0.25) is 0 Å². The molecule has 0 radical (unpaired) electrons. The number of nitrogens with one attached hydrogen (secondary N) is 6. The molecular weight excluding hydrogens is 556 g/mol. The van der Waals surface area contributed by atoms with Gasteiger partial charge in [0.1, 0.15) is 29.7 Å². The maximum absolute atomic E-state index is 13.7. The molecule has 1 saturated heterocycles. The number of benzene rings is 1. The van der Waals surface area contributed by atoms with Crippen molar-refractivity contribution in [2.75, 3.05) is 0 Å². The van der Waals surface area contributed by atoms with Gasteiger partial charge in [0.2, 0.25) is 29.5 Å². The molecule has 1 aliphatic rings. The third-order valence-corrected chi connectivity index (χ3v) is 7.32. The van der Waals surface area contributed by atoms with Crippen LogP contribution in [0.15, 0.2) is 30.5 Å². The van der Waals surface area contributed by atoms with E-state index in [1.807, 2.05) is 38.1 Å². The van der Waals surface area contributed by atoms with Gasteiger partial charge < -0.3 is 36.7 Å². The second kappa shape index (κ2) is 13.7. The molecule has 0 aliphatic carbocycles. The van der Waals surface area contributed by atoms with Crippen LogP contribution in [-0.4, -0.2) is 75.3 Å². The van der Waals surface area contributed by atoms with E-state index in [4.69, 9.17) is 0 Å². The Balaban J connectivity index is 2.08. The van der Waals surface area contributed by atoms with Crippen LogP contribution in [0.25, 0.3) is 10.9 Å². The van der Waals surface area contributed by atoms with Gasteiger partial charge in [0.05, 0.1) is 6.42 Å². The van der Waals surface area contributed by atoms with Crippen molar-refractivity contribution >= 4 is 46.4 Å². The molecule has 3 rings (SSSR count). The normalized spacial score (nSPS) is 24.0. The molecule has 2 heterocycles. The summed E-state index contributed by atoms with van der Waals surface area (Å²) in [7, 11) is 0. The Kier molecular flexibility index (Phi) is 10.5. The van der Waals surface area contributed by atoms with Crippen LogP contribution in [0.3, 0.4) is 0 Å². The summed E-state index contributed by atoms with van der Waals surface area (Å²) in [6, 6.07) is 2.51. The zero-order valence-electron chi connectivity index (χ0n) is 25.4. The van der Waals surface area contributed by atoms with Gasteiger partial charge in [-0.3, -0.25) is 28.8 Å². The molecular formula is C30H42N6O7. The number of rotatable bonds is 7. The lowest BCUT2D eigenvalue weighted by Gasteiger charge is -2.31. The van der Waals surface area contributed by atoms with E-state index < -0.39 is 71.6 Å². The number of amides is 5. The number of hydrogen-bond acceptors (Lipinski definition) is 6. The number of carboxylic acid groups (broad SMARTS) is 1. The SMILES string of the molecule is CC(C)C[C@@H]1NC(=O)[C@@H](C(C)C)NC(=O)C(C)(C)NC(=O)[C@@H](CC(=O)O)NC(=O)[C@@H](Cc2c[nH]c3ccccc23)NC1=O. The molecule has 13 nitrogen and oxygen atoms in total. The first-order chi connectivity index (χ1) is 20.1. The van der Waals surface area contributed by atoms with E-state index in [2.05, 4.69) is 31.6 Å². The van der Waals surface area contributed by atoms with Crippen LogP contribution in [-0.2, 0) is 35.2 Å². The van der Waals surface area contributed by atoms with Crippen LogP contribution in [0.5, 0.6) is 0 Å². The number of H-pyrrole nitrogens is 1. The summed E-state index contributed by atoms with van der Waals surface area (Å²) in [5.41, 5.74) is -0.0666. The van der Waals surface area contributed by atoms with Crippen molar-refractivity contribution in [1.82, 2.24) is 31.6 Å². The summed E-state index contributed by atoms with van der Waals surface area (Å²) in [5.74, 6) is -5.40. The minimum absolute atomic E-state index is 0.00545. The number of fused-ring (bicyclic) bond motifs is 1. The highest BCUT2D eigenvalue weighted by atomic mass is 16.4. The van der Waals surface area contributed by atoms with E-state index >= 15 is 0 Å². The molecule has 5 amide bonds. The second-order valence-corrected chi connectivity index (χ2v) is 12.3. The van der Waals surface area contributed by atoms with Crippen LogP contribution >= 0.6 is 0 Å². The molecule has 43 heavy (non-hydrogen) atoms. The number of aromatic nitrogens is 1. The molecule has 0 bridgehead atoms. The van der Waals surface area contributed by atoms with E-state index in [9.17, 15) is 33.9 Å². The maximum Gasteiger partial charge on any atom is 0.305 e. The van der Waals surface area contributed by atoms with Gasteiger partial charge in [-0.2, -0.15) is 0 Å². The van der Waals surface area contributed by atoms with Crippen LogP contribution in [0.1, 0.15) is 59.9 Å². The summed E-state index contributed by atoms with van der Waals surface area (Å²) in [5, 5.41) is 23.4. The molecule has 234 valence electrons. The quantitative estimate of drug-likeness (QED) is 0.244. The van der Waals surface area contributed by atoms with E-state index in [0.29, 0.717) is 5.56 Å². The third kappa shape index (κ3) is 8.55. The Labute approximate surface area is 250 Å². The van der Waals surface area contributed by atoms with Gasteiger partial charge in [-0.15, -0.1) is 0 Å². The molecule has 7 N–H and O–H groups in total. The largest absolute Gasteiger partial charge is 0.481 e. The summed E-state index contributed by atoms with van der Waals surface area (Å²) >= 11 is 0. The van der Waals surface area contributed by atoms with Gasteiger partial charge in [0.25, 0.3) is 0 Å². The zero-order chi connectivity index (χ0) is 32.1. The second-order valence-electron chi connectivity index (χ2n) is 12.3. The first kappa shape index (κ1) is 33.1. The molecule has 4 atom stereocenters. The minimum Gasteiger partial charge on any atom is -0.481 e. The Morgan fingerprint density at radius 3 is 2.07 bits per heavy atom. The van der Waals surface area contributed by atoms with E-state index in [1.54, 1.807) is 20.0 Å². The van der Waals surface area contributed by atoms with Crippen LogP contribution < -0.4 is 26.6 Å². The summed E-state index contributed by atoms with van der Waals surface area (Å²) in [6.07, 6.45) is 1.19. The molecule has 0 saturated carbocycles. The lowest BCUT2D eigenvalue weighted by atomic mass is 9.97. The van der Waals surface area contributed by atoms with E-state index in [1.165, 1.54) is 13.8 Å². The maximum atomic E-state index is 13.7. The van der Waals surface area contributed by atoms with Crippen molar-refractivity contribution in [2.24, 2.45) is 11.8 Å². The van der Waals surface area contributed by atoms with Crippen LogP contribution in [0.4, 0.5) is 0 Å². The van der Waals surface area contributed by atoms with Crippen molar-refractivity contribution in [2.45, 2.75) is 90.5 Å². The predicted molar refractivity (Wildman–Crippen MR) is 158 cm³/mol. The fraction of sp³-hybridized carbons (Fsp3) is 0.533. The summed E-state index contributed by atoms with van der Waals surface area (Å²) < 4.78 is 0. The van der Waals surface area contributed by atoms with Crippen molar-refractivity contribution in [3.05, 3.63) is 36.0 Å². The number of para-hydroxylation sites is 1. The number of aliphatic carboxylic acids is 1. The van der Waals surface area contributed by atoms with Gasteiger partial charge in [0, 0.05) is 23.5 Å². The molecule has 13 heteroatoms. The third-order valence-electron chi connectivity index (χ3n) is 7.32. The van der Waals surface area contributed by atoms with E-state index in [0.717, 1.165) is 10.9 Å². The highest BCUT2D eigenvalue weighted by Gasteiger charge is 2.39.